The van der Waals surface area contributed by atoms with Crippen molar-refractivity contribution in [1.29, 1.82) is 0 Å². The maximum Gasteiger partial charge on any atom is 0.123 e. The highest BCUT2D eigenvalue weighted by atomic mass is 19.1. The van der Waals surface area contributed by atoms with E-state index in [1.807, 2.05) is 13.0 Å². The fourth-order valence-electron chi connectivity index (χ4n) is 2.56. The van der Waals surface area contributed by atoms with Gasteiger partial charge in [-0.05, 0) is 51.2 Å². The Balaban J connectivity index is 2.24. The molecule has 2 N–H and O–H groups in total. The molecule has 100 valence electrons. The van der Waals surface area contributed by atoms with Crippen LogP contribution in [0.25, 0.3) is 0 Å². The maximum absolute atomic E-state index is 13.3. The molecule has 2 atom stereocenters. The van der Waals surface area contributed by atoms with E-state index in [1.165, 1.54) is 6.07 Å². The van der Waals surface area contributed by atoms with Gasteiger partial charge in [-0.25, -0.2) is 4.39 Å². The lowest BCUT2D eigenvalue weighted by molar-refractivity contribution is 0.315. The first kappa shape index (κ1) is 13.3. The lowest BCUT2D eigenvalue weighted by atomic mass is 10.1. The average Bonchev–Trinajstić information content (AvgIpc) is 2.78. The molecule has 1 aliphatic heterocycles. The normalized spacial score (nSPS) is 21.7. The topological polar surface area (TPSA) is 32.5 Å². The second kappa shape index (κ2) is 5.24. The quantitative estimate of drug-likeness (QED) is 0.891. The molecular formula is C14H22FN3. The fourth-order valence-corrected chi connectivity index (χ4v) is 2.56. The Morgan fingerprint density at radius 2 is 2.17 bits per heavy atom. The van der Waals surface area contributed by atoms with Crippen LogP contribution in [0.2, 0.25) is 0 Å². The average molecular weight is 251 g/mol. The van der Waals surface area contributed by atoms with Gasteiger partial charge in [0.05, 0.1) is 0 Å². The standard InChI is InChI=1S/C14H22FN3/c1-10(16)13-8-11(15)4-5-14(13)18-7-6-12(9-18)17(2)3/h4-5,8,10,12H,6-7,9,16H2,1-3H3. The van der Waals surface area contributed by atoms with Gasteiger partial charge in [-0.1, -0.05) is 0 Å². The second-order valence-corrected chi connectivity index (χ2v) is 5.34. The van der Waals surface area contributed by atoms with Gasteiger partial charge >= 0.3 is 0 Å². The van der Waals surface area contributed by atoms with Crippen LogP contribution in [-0.2, 0) is 0 Å². The number of likely N-dealkylation sites (N-methyl/N-ethyl adjacent to an activating group) is 1. The van der Waals surface area contributed by atoms with E-state index in [2.05, 4.69) is 23.9 Å². The predicted molar refractivity (Wildman–Crippen MR) is 73.3 cm³/mol. The highest BCUT2D eigenvalue weighted by molar-refractivity contribution is 5.56. The Morgan fingerprint density at radius 3 is 2.72 bits per heavy atom. The summed E-state index contributed by atoms with van der Waals surface area (Å²) in [5.41, 5.74) is 7.92. The molecule has 0 saturated carbocycles. The molecule has 18 heavy (non-hydrogen) atoms. The summed E-state index contributed by atoms with van der Waals surface area (Å²) in [7, 11) is 4.20. The minimum absolute atomic E-state index is 0.144. The summed E-state index contributed by atoms with van der Waals surface area (Å²) in [6.07, 6.45) is 1.14. The van der Waals surface area contributed by atoms with Gasteiger partial charge in [-0.2, -0.15) is 0 Å². The first-order chi connectivity index (χ1) is 8.49. The minimum Gasteiger partial charge on any atom is -0.370 e. The van der Waals surface area contributed by atoms with Gasteiger partial charge in [0, 0.05) is 30.9 Å². The Bertz CT molecular complexity index is 418. The maximum atomic E-state index is 13.3. The van der Waals surface area contributed by atoms with E-state index in [0.29, 0.717) is 6.04 Å². The van der Waals surface area contributed by atoms with Crippen LogP contribution in [0.5, 0.6) is 0 Å². The number of rotatable bonds is 3. The molecule has 0 aliphatic carbocycles. The molecule has 1 heterocycles. The van der Waals surface area contributed by atoms with Crippen LogP contribution in [0, 0.1) is 5.82 Å². The monoisotopic (exact) mass is 251 g/mol. The predicted octanol–water partition coefficient (Wildman–Crippen LogP) is 1.99. The van der Waals surface area contributed by atoms with Crippen molar-refractivity contribution in [3.63, 3.8) is 0 Å². The summed E-state index contributed by atoms with van der Waals surface area (Å²) in [5, 5.41) is 0. The highest BCUT2D eigenvalue weighted by Gasteiger charge is 2.26. The number of benzene rings is 1. The summed E-state index contributed by atoms with van der Waals surface area (Å²) in [6, 6.07) is 5.35. The molecule has 1 saturated heterocycles. The van der Waals surface area contributed by atoms with Crippen LogP contribution >= 0.6 is 0 Å². The van der Waals surface area contributed by atoms with E-state index >= 15 is 0 Å². The molecule has 3 nitrogen and oxygen atoms in total. The Labute approximate surface area is 108 Å². The van der Waals surface area contributed by atoms with Crippen LogP contribution in [0.3, 0.4) is 0 Å². The van der Waals surface area contributed by atoms with Crippen molar-refractivity contribution in [3.05, 3.63) is 29.6 Å². The number of hydrogen-bond donors (Lipinski definition) is 1. The molecule has 0 radical (unpaired) electrons. The number of anilines is 1. The van der Waals surface area contributed by atoms with Crippen molar-refractivity contribution in [2.24, 2.45) is 5.73 Å². The molecule has 1 aromatic carbocycles. The smallest absolute Gasteiger partial charge is 0.123 e. The van der Waals surface area contributed by atoms with E-state index in [0.717, 1.165) is 30.8 Å². The molecule has 0 bridgehead atoms. The van der Waals surface area contributed by atoms with Gasteiger partial charge in [0.15, 0.2) is 0 Å². The van der Waals surface area contributed by atoms with Crippen LogP contribution < -0.4 is 10.6 Å². The largest absolute Gasteiger partial charge is 0.370 e. The molecule has 2 unspecified atom stereocenters. The Hall–Kier alpha value is -1.13. The van der Waals surface area contributed by atoms with Crippen molar-refractivity contribution in [1.82, 2.24) is 4.90 Å². The molecule has 1 aliphatic rings. The molecule has 0 spiro atoms. The zero-order valence-corrected chi connectivity index (χ0v) is 11.4. The van der Waals surface area contributed by atoms with E-state index in [1.54, 1.807) is 6.07 Å². The van der Waals surface area contributed by atoms with Crippen molar-refractivity contribution in [2.45, 2.75) is 25.4 Å². The van der Waals surface area contributed by atoms with Crippen molar-refractivity contribution >= 4 is 5.69 Å². The number of hydrogen-bond acceptors (Lipinski definition) is 3. The zero-order valence-electron chi connectivity index (χ0n) is 11.4. The van der Waals surface area contributed by atoms with Gasteiger partial charge < -0.3 is 15.5 Å². The third-order valence-corrected chi connectivity index (χ3v) is 3.71. The summed E-state index contributed by atoms with van der Waals surface area (Å²) in [5.74, 6) is -0.214. The first-order valence-electron chi connectivity index (χ1n) is 6.45. The summed E-state index contributed by atoms with van der Waals surface area (Å²) in [4.78, 5) is 4.55. The van der Waals surface area contributed by atoms with Crippen molar-refractivity contribution in [3.8, 4) is 0 Å². The fraction of sp³-hybridized carbons (Fsp3) is 0.571. The zero-order chi connectivity index (χ0) is 13.3. The van der Waals surface area contributed by atoms with E-state index in [-0.39, 0.29) is 11.9 Å². The van der Waals surface area contributed by atoms with Crippen LogP contribution in [-0.4, -0.2) is 38.1 Å². The molecule has 1 aromatic rings. The SMILES string of the molecule is CC(N)c1cc(F)ccc1N1CCC(N(C)C)C1. The van der Waals surface area contributed by atoms with Gasteiger partial charge in [0.2, 0.25) is 0 Å². The van der Waals surface area contributed by atoms with Crippen molar-refractivity contribution < 1.29 is 4.39 Å². The number of nitrogens with zero attached hydrogens (tertiary/aromatic N) is 2. The second-order valence-electron chi connectivity index (χ2n) is 5.34. The minimum atomic E-state index is -0.214. The molecule has 4 heteroatoms. The van der Waals surface area contributed by atoms with E-state index in [9.17, 15) is 4.39 Å². The first-order valence-corrected chi connectivity index (χ1v) is 6.45. The van der Waals surface area contributed by atoms with Gasteiger partial charge in [0.1, 0.15) is 5.82 Å². The Kier molecular flexibility index (Phi) is 3.88. The lowest BCUT2D eigenvalue weighted by Crippen LogP contribution is -2.32. The third kappa shape index (κ3) is 2.65. The molecule has 1 fully saturated rings. The Morgan fingerprint density at radius 1 is 1.44 bits per heavy atom. The molecule has 0 amide bonds. The van der Waals surface area contributed by atoms with Crippen LogP contribution in [0.4, 0.5) is 10.1 Å². The molecule has 0 aromatic heterocycles. The van der Waals surface area contributed by atoms with E-state index < -0.39 is 0 Å². The highest BCUT2D eigenvalue weighted by Crippen LogP contribution is 2.29. The summed E-state index contributed by atoms with van der Waals surface area (Å²) < 4.78 is 13.3. The van der Waals surface area contributed by atoms with Gasteiger partial charge in [0.25, 0.3) is 0 Å². The number of halogens is 1. The summed E-state index contributed by atoms with van der Waals surface area (Å²) >= 11 is 0. The summed E-state index contributed by atoms with van der Waals surface area (Å²) in [6.45, 7) is 3.89. The van der Waals surface area contributed by atoms with Crippen LogP contribution in [0.1, 0.15) is 24.9 Å². The lowest BCUT2D eigenvalue weighted by Gasteiger charge is -2.25. The molecular weight excluding hydrogens is 229 g/mol. The van der Waals surface area contributed by atoms with E-state index in [4.69, 9.17) is 5.73 Å². The molecule has 2 rings (SSSR count). The van der Waals surface area contributed by atoms with Crippen molar-refractivity contribution in [2.75, 3.05) is 32.1 Å². The number of nitrogens with two attached hydrogens (primary N) is 1. The van der Waals surface area contributed by atoms with Gasteiger partial charge in [-0.3, -0.25) is 0 Å². The third-order valence-electron chi connectivity index (χ3n) is 3.71. The van der Waals surface area contributed by atoms with Crippen LogP contribution in [0.15, 0.2) is 18.2 Å². The van der Waals surface area contributed by atoms with Gasteiger partial charge in [-0.15, -0.1) is 0 Å².